The van der Waals surface area contributed by atoms with E-state index in [1.165, 1.54) is 0 Å². The molecule has 0 unspecified atom stereocenters. The van der Waals surface area contributed by atoms with E-state index in [9.17, 15) is 4.79 Å². The van der Waals surface area contributed by atoms with Gasteiger partial charge in [0, 0.05) is 32.7 Å². The number of hydrogen-bond acceptors (Lipinski definition) is 6. The van der Waals surface area contributed by atoms with E-state index >= 15 is 0 Å². The average Bonchev–Trinajstić information content (AvgIpc) is 3.29. The number of hydrogen-bond donors (Lipinski definition) is 0. The van der Waals surface area contributed by atoms with Crippen molar-refractivity contribution in [1.29, 1.82) is 0 Å². The van der Waals surface area contributed by atoms with Crippen LogP contribution >= 0.6 is 0 Å². The minimum atomic E-state index is -0.306. The van der Waals surface area contributed by atoms with E-state index in [1.807, 2.05) is 72.5 Å². The molecule has 0 radical (unpaired) electrons. The molecular weight excluding hydrogens is 402 g/mol. The number of fused-ring (bicyclic) bond motifs is 1. The van der Waals surface area contributed by atoms with Crippen LogP contribution in [0, 0.1) is 0 Å². The van der Waals surface area contributed by atoms with Crippen molar-refractivity contribution in [3.05, 3.63) is 78.1 Å². The van der Waals surface area contributed by atoms with Crippen LogP contribution in [-0.2, 0) is 11.3 Å². The fraction of sp³-hybridized carbons (Fsp3) is 0.292. The predicted octanol–water partition coefficient (Wildman–Crippen LogP) is 2.72. The number of anilines is 1. The number of aryl methyl sites for hydroxylation is 1. The highest BCUT2D eigenvalue weighted by Gasteiger charge is 2.30. The second kappa shape index (κ2) is 8.74. The molecule has 8 heteroatoms. The van der Waals surface area contributed by atoms with Gasteiger partial charge in [0.15, 0.2) is 17.0 Å². The van der Waals surface area contributed by atoms with Gasteiger partial charge < -0.3 is 9.80 Å². The first kappa shape index (κ1) is 20.1. The summed E-state index contributed by atoms with van der Waals surface area (Å²) in [5.74, 6) is 0.607. The molecule has 0 aliphatic carbocycles. The van der Waals surface area contributed by atoms with Gasteiger partial charge in [0.05, 0.1) is 5.92 Å². The zero-order valence-corrected chi connectivity index (χ0v) is 18.0. The smallest absolute Gasteiger partial charge is 0.234 e. The molecule has 8 nitrogen and oxygen atoms in total. The maximum atomic E-state index is 13.7. The Hall–Kier alpha value is -3.81. The van der Waals surface area contributed by atoms with Crippen molar-refractivity contribution < 1.29 is 4.79 Å². The predicted molar refractivity (Wildman–Crippen MR) is 122 cm³/mol. The lowest BCUT2D eigenvalue weighted by atomic mass is 9.90. The van der Waals surface area contributed by atoms with Crippen LogP contribution in [0.25, 0.3) is 11.2 Å². The molecule has 0 bridgehead atoms. The van der Waals surface area contributed by atoms with E-state index in [1.54, 1.807) is 11.0 Å². The average molecular weight is 428 g/mol. The maximum absolute atomic E-state index is 13.7. The minimum absolute atomic E-state index is 0.131. The Labute approximate surface area is 186 Å². The van der Waals surface area contributed by atoms with Gasteiger partial charge >= 0.3 is 0 Å². The second-order valence-corrected chi connectivity index (χ2v) is 7.84. The lowest BCUT2D eigenvalue weighted by molar-refractivity contribution is -0.132. The van der Waals surface area contributed by atoms with E-state index < -0.39 is 0 Å². The quantitative estimate of drug-likeness (QED) is 0.487. The van der Waals surface area contributed by atoms with Crippen molar-refractivity contribution >= 4 is 22.9 Å². The summed E-state index contributed by atoms with van der Waals surface area (Å²) in [6, 6.07) is 20.0. The summed E-state index contributed by atoms with van der Waals surface area (Å²) in [7, 11) is 0. The van der Waals surface area contributed by atoms with Crippen LogP contribution in [0.4, 0.5) is 5.82 Å². The number of piperazine rings is 1. The zero-order chi connectivity index (χ0) is 21.9. The third kappa shape index (κ3) is 3.68. The summed E-state index contributed by atoms with van der Waals surface area (Å²) in [6.07, 6.45) is 1.56. The van der Waals surface area contributed by atoms with Crippen LogP contribution in [-0.4, -0.2) is 61.9 Å². The van der Waals surface area contributed by atoms with E-state index in [0.29, 0.717) is 38.2 Å². The third-order valence-corrected chi connectivity index (χ3v) is 5.98. The molecule has 1 aliphatic rings. The van der Waals surface area contributed by atoms with E-state index in [-0.39, 0.29) is 11.8 Å². The number of nitrogens with zero attached hydrogens (tertiary/aromatic N) is 7. The number of carbonyl (C=O) groups is 1. The maximum Gasteiger partial charge on any atom is 0.234 e. The van der Waals surface area contributed by atoms with Crippen LogP contribution < -0.4 is 4.90 Å². The number of amides is 1. The second-order valence-electron chi connectivity index (χ2n) is 7.84. The monoisotopic (exact) mass is 427 g/mol. The molecule has 0 saturated carbocycles. The van der Waals surface area contributed by atoms with Crippen molar-refractivity contribution in [3.63, 3.8) is 0 Å². The molecule has 4 aromatic rings. The van der Waals surface area contributed by atoms with E-state index in [0.717, 1.165) is 22.6 Å². The van der Waals surface area contributed by atoms with Gasteiger partial charge in [0.25, 0.3) is 0 Å². The van der Waals surface area contributed by atoms with E-state index in [2.05, 4.69) is 25.2 Å². The summed E-state index contributed by atoms with van der Waals surface area (Å²) in [5, 5.41) is 8.47. The van der Waals surface area contributed by atoms with Gasteiger partial charge in [-0.25, -0.2) is 14.6 Å². The van der Waals surface area contributed by atoms with Gasteiger partial charge in [-0.3, -0.25) is 4.79 Å². The number of aromatic nitrogens is 5. The molecule has 1 aliphatic heterocycles. The number of carbonyl (C=O) groups excluding carboxylic acids is 1. The van der Waals surface area contributed by atoms with Gasteiger partial charge in [-0.05, 0) is 18.1 Å². The fourth-order valence-corrected chi connectivity index (χ4v) is 4.31. The molecule has 3 heterocycles. The van der Waals surface area contributed by atoms with Gasteiger partial charge in [0.1, 0.15) is 6.33 Å². The molecule has 162 valence electrons. The highest BCUT2D eigenvalue weighted by atomic mass is 16.2. The first-order valence-electron chi connectivity index (χ1n) is 10.9. The largest absolute Gasteiger partial charge is 0.351 e. The lowest BCUT2D eigenvalue weighted by Crippen LogP contribution is -2.50. The van der Waals surface area contributed by atoms with Crippen LogP contribution in [0.15, 0.2) is 67.0 Å². The highest BCUT2D eigenvalue weighted by molar-refractivity contribution is 5.88. The molecular formula is C24H25N7O. The normalized spacial score (nSPS) is 14.3. The van der Waals surface area contributed by atoms with Gasteiger partial charge in [-0.1, -0.05) is 65.9 Å². The molecule has 2 aromatic heterocycles. The Balaban J connectivity index is 1.36. The van der Waals surface area contributed by atoms with Gasteiger partial charge in [-0.15, -0.1) is 5.10 Å². The van der Waals surface area contributed by atoms with Crippen LogP contribution in [0.1, 0.15) is 24.0 Å². The lowest BCUT2D eigenvalue weighted by Gasteiger charge is -2.37. The summed E-state index contributed by atoms with van der Waals surface area (Å²) in [6.45, 7) is 5.34. The highest BCUT2D eigenvalue weighted by Crippen LogP contribution is 2.28. The van der Waals surface area contributed by atoms with Crippen LogP contribution in [0.5, 0.6) is 0 Å². The Morgan fingerprint density at radius 3 is 2.12 bits per heavy atom. The summed E-state index contributed by atoms with van der Waals surface area (Å²) < 4.78 is 1.77. The van der Waals surface area contributed by atoms with Crippen LogP contribution in [0.3, 0.4) is 0 Å². The molecule has 5 rings (SSSR count). The zero-order valence-electron chi connectivity index (χ0n) is 18.0. The molecule has 0 N–H and O–H groups in total. The van der Waals surface area contributed by atoms with Crippen molar-refractivity contribution in [1.82, 2.24) is 29.9 Å². The van der Waals surface area contributed by atoms with Crippen LogP contribution in [0.2, 0.25) is 0 Å². The summed E-state index contributed by atoms with van der Waals surface area (Å²) >= 11 is 0. The molecule has 0 spiro atoms. The third-order valence-electron chi connectivity index (χ3n) is 5.98. The van der Waals surface area contributed by atoms with Gasteiger partial charge in [0.2, 0.25) is 5.91 Å². The summed E-state index contributed by atoms with van der Waals surface area (Å²) in [4.78, 5) is 26.6. The standard InChI is InChI=1S/C24H25N7O/c1-2-31-23-21(27-28-31)22(25-17-26-23)29-13-15-30(16-14-29)24(32)20(18-9-5-3-6-10-18)19-11-7-4-8-12-19/h3-12,17,20H,2,13-16H2,1H3. The van der Waals surface area contributed by atoms with Crippen molar-refractivity contribution in [3.8, 4) is 0 Å². The first-order chi connectivity index (χ1) is 15.8. The summed E-state index contributed by atoms with van der Waals surface area (Å²) in [5.41, 5.74) is 3.48. The topological polar surface area (TPSA) is 80.0 Å². The molecule has 1 fully saturated rings. The Kier molecular flexibility index (Phi) is 5.49. The minimum Gasteiger partial charge on any atom is -0.351 e. The van der Waals surface area contributed by atoms with Crippen molar-refractivity contribution in [2.24, 2.45) is 0 Å². The molecule has 1 saturated heterocycles. The molecule has 1 amide bonds. The number of rotatable bonds is 5. The Bertz CT molecular complexity index is 1160. The SMILES string of the molecule is CCn1nnc2c(N3CCN(C(=O)C(c4ccccc4)c4ccccc4)CC3)ncnc21. The van der Waals surface area contributed by atoms with Crippen molar-refractivity contribution in [2.75, 3.05) is 31.1 Å². The Morgan fingerprint density at radius 1 is 0.906 bits per heavy atom. The van der Waals surface area contributed by atoms with Crippen molar-refractivity contribution in [2.45, 2.75) is 19.4 Å². The van der Waals surface area contributed by atoms with Gasteiger partial charge in [-0.2, -0.15) is 0 Å². The van der Waals surface area contributed by atoms with E-state index in [4.69, 9.17) is 0 Å². The molecule has 0 atom stereocenters. The molecule has 32 heavy (non-hydrogen) atoms. The fourth-order valence-electron chi connectivity index (χ4n) is 4.31. The molecule has 2 aromatic carbocycles. The first-order valence-corrected chi connectivity index (χ1v) is 10.9. The number of benzene rings is 2. The Morgan fingerprint density at radius 2 is 1.53 bits per heavy atom.